The van der Waals surface area contributed by atoms with Crippen molar-refractivity contribution in [3.8, 4) is 0 Å². The predicted octanol–water partition coefficient (Wildman–Crippen LogP) is 1.98. The van der Waals surface area contributed by atoms with E-state index in [-0.39, 0.29) is 5.91 Å². The Hall–Kier alpha value is -2.12. The van der Waals surface area contributed by atoms with Gasteiger partial charge in [-0.3, -0.25) is 9.69 Å². The second kappa shape index (κ2) is 11.8. The van der Waals surface area contributed by atoms with Crippen LogP contribution in [0.2, 0.25) is 0 Å². The molecular weight excluding hydrogens is 366 g/mol. The topological polar surface area (TPSA) is 69.2 Å². The number of anilines is 1. The molecule has 2 aliphatic heterocycles. The molecule has 7 nitrogen and oxygen atoms in total. The lowest BCUT2D eigenvalue weighted by Gasteiger charge is -2.26. The lowest BCUT2D eigenvalue weighted by Crippen LogP contribution is -2.40. The van der Waals surface area contributed by atoms with Crippen LogP contribution >= 0.6 is 0 Å². The number of rotatable bonds is 8. The molecule has 0 atom stereocenters. The van der Waals surface area contributed by atoms with Crippen LogP contribution in [0.5, 0.6) is 0 Å². The van der Waals surface area contributed by atoms with Crippen molar-refractivity contribution in [3.05, 3.63) is 29.8 Å². The molecule has 0 unspecified atom stereocenters. The molecule has 2 aliphatic rings. The fourth-order valence-electron chi connectivity index (χ4n) is 3.71. The Morgan fingerprint density at radius 1 is 1.10 bits per heavy atom. The highest BCUT2D eigenvalue weighted by Gasteiger charge is 2.19. The van der Waals surface area contributed by atoms with Crippen LogP contribution < -0.4 is 15.5 Å². The molecule has 3 rings (SSSR count). The molecule has 0 aromatic heterocycles. The van der Waals surface area contributed by atoms with E-state index in [1.807, 2.05) is 17.0 Å². The van der Waals surface area contributed by atoms with Crippen molar-refractivity contribution in [1.82, 2.24) is 15.5 Å². The van der Waals surface area contributed by atoms with Crippen LogP contribution in [-0.2, 0) is 16.1 Å². The summed E-state index contributed by atoms with van der Waals surface area (Å²) >= 11 is 0. The number of hydrogen-bond acceptors (Lipinski definition) is 4. The van der Waals surface area contributed by atoms with Crippen LogP contribution in [0.25, 0.3) is 0 Å². The summed E-state index contributed by atoms with van der Waals surface area (Å²) in [7, 11) is 0. The van der Waals surface area contributed by atoms with Crippen molar-refractivity contribution in [2.45, 2.75) is 39.2 Å². The third-order valence-electron chi connectivity index (χ3n) is 5.38. The lowest BCUT2D eigenvalue weighted by atomic mass is 10.1. The monoisotopic (exact) mass is 401 g/mol. The van der Waals surface area contributed by atoms with E-state index in [0.29, 0.717) is 13.0 Å². The molecule has 0 aliphatic carbocycles. The SMILES string of the molecule is CCNC(=NCc1ccc(N2CCCCC2=O)cc1)NCCCN1CCOCC1. The van der Waals surface area contributed by atoms with Gasteiger partial charge in [0, 0.05) is 44.8 Å². The van der Waals surface area contributed by atoms with Crippen molar-refractivity contribution in [2.24, 2.45) is 4.99 Å². The Morgan fingerprint density at radius 2 is 1.90 bits per heavy atom. The quantitative estimate of drug-likeness (QED) is 0.396. The van der Waals surface area contributed by atoms with Crippen molar-refractivity contribution < 1.29 is 9.53 Å². The summed E-state index contributed by atoms with van der Waals surface area (Å²) in [6, 6.07) is 8.22. The zero-order valence-electron chi connectivity index (χ0n) is 17.7. The van der Waals surface area contributed by atoms with Crippen LogP contribution in [-0.4, -0.2) is 69.2 Å². The minimum Gasteiger partial charge on any atom is -0.379 e. The van der Waals surface area contributed by atoms with Gasteiger partial charge in [0.25, 0.3) is 0 Å². The van der Waals surface area contributed by atoms with Gasteiger partial charge in [0.2, 0.25) is 5.91 Å². The number of guanidine groups is 1. The minimum absolute atomic E-state index is 0.234. The maximum atomic E-state index is 12.1. The molecule has 0 saturated carbocycles. The first-order valence-corrected chi connectivity index (χ1v) is 11.0. The van der Waals surface area contributed by atoms with Gasteiger partial charge in [0.15, 0.2) is 5.96 Å². The zero-order valence-corrected chi connectivity index (χ0v) is 17.7. The third-order valence-corrected chi connectivity index (χ3v) is 5.38. The summed E-state index contributed by atoms with van der Waals surface area (Å²) < 4.78 is 5.39. The molecule has 1 amide bonds. The summed E-state index contributed by atoms with van der Waals surface area (Å²) in [6.45, 7) is 10.1. The molecule has 2 saturated heterocycles. The maximum absolute atomic E-state index is 12.1. The molecular formula is C22H35N5O2. The molecule has 160 valence electrons. The molecule has 0 radical (unpaired) electrons. The lowest BCUT2D eigenvalue weighted by molar-refractivity contribution is -0.119. The molecule has 29 heavy (non-hydrogen) atoms. The van der Waals surface area contributed by atoms with Crippen molar-refractivity contribution in [2.75, 3.05) is 57.4 Å². The summed E-state index contributed by atoms with van der Waals surface area (Å²) in [4.78, 5) is 21.1. The first kappa shape index (κ1) is 21.6. The summed E-state index contributed by atoms with van der Waals surface area (Å²) in [5.74, 6) is 1.09. The Labute approximate surface area is 174 Å². The van der Waals surface area contributed by atoms with Gasteiger partial charge in [-0.2, -0.15) is 0 Å². The number of piperidine rings is 1. The Balaban J connectivity index is 1.45. The number of morpholine rings is 1. The van der Waals surface area contributed by atoms with E-state index in [0.717, 1.165) is 89.0 Å². The average Bonchev–Trinajstić information content (AvgIpc) is 2.76. The van der Waals surface area contributed by atoms with E-state index in [4.69, 9.17) is 9.73 Å². The molecule has 1 aromatic rings. The van der Waals surface area contributed by atoms with Crippen LogP contribution in [0.4, 0.5) is 5.69 Å². The van der Waals surface area contributed by atoms with Crippen molar-refractivity contribution in [3.63, 3.8) is 0 Å². The van der Waals surface area contributed by atoms with E-state index >= 15 is 0 Å². The largest absolute Gasteiger partial charge is 0.379 e. The Kier molecular flexibility index (Phi) is 8.77. The van der Waals surface area contributed by atoms with Crippen LogP contribution in [0.1, 0.15) is 38.2 Å². The number of aliphatic imine (C=N–C) groups is 1. The molecule has 0 bridgehead atoms. The highest BCUT2D eigenvalue weighted by atomic mass is 16.5. The van der Waals surface area contributed by atoms with E-state index in [1.165, 1.54) is 0 Å². The number of hydrogen-bond donors (Lipinski definition) is 2. The van der Waals surface area contributed by atoms with E-state index in [9.17, 15) is 4.79 Å². The van der Waals surface area contributed by atoms with E-state index in [2.05, 4.69) is 34.6 Å². The number of amides is 1. The molecule has 2 heterocycles. The third kappa shape index (κ3) is 7.01. The average molecular weight is 402 g/mol. The van der Waals surface area contributed by atoms with E-state index in [1.54, 1.807) is 0 Å². The highest BCUT2D eigenvalue weighted by Crippen LogP contribution is 2.21. The number of nitrogens with one attached hydrogen (secondary N) is 2. The van der Waals surface area contributed by atoms with Crippen LogP contribution in [0, 0.1) is 0 Å². The minimum atomic E-state index is 0.234. The summed E-state index contributed by atoms with van der Waals surface area (Å²) in [5.41, 5.74) is 2.14. The van der Waals surface area contributed by atoms with Gasteiger partial charge in [-0.1, -0.05) is 12.1 Å². The zero-order chi connectivity index (χ0) is 20.3. The molecule has 2 fully saturated rings. The maximum Gasteiger partial charge on any atom is 0.226 e. The molecule has 7 heteroatoms. The first-order chi connectivity index (χ1) is 14.3. The van der Waals surface area contributed by atoms with Gasteiger partial charge >= 0.3 is 0 Å². The van der Waals surface area contributed by atoms with Crippen molar-refractivity contribution >= 4 is 17.6 Å². The fraction of sp³-hybridized carbons (Fsp3) is 0.636. The van der Waals surface area contributed by atoms with Gasteiger partial charge in [0.05, 0.1) is 19.8 Å². The van der Waals surface area contributed by atoms with Crippen molar-refractivity contribution in [1.29, 1.82) is 0 Å². The normalized spacial score (nSPS) is 18.7. The number of ether oxygens (including phenoxy) is 1. The second-order valence-electron chi connectivity index (χ2n) is 7.60. The molecule has 2 N–H and O–H groups in total. The van der Waals surface area contributed by atoms with Gasteiger partial charge in [0.1, 0.15) is 0 Å². The number of nitrogens with zero attached hydrogens (tertiary/aromatic N) is 3. The van der Waals surface area contributed by atoms with Gasteiger partial charge < -0.3 is 20.3 Å². The van der Waals surface area contributed by atoms with Gasteiger partial charge in [-0.05, 0) is 50.4 Å². The molecule has 0 spiro atoms. The Morgan fingerprint density at radius 3 is 2.62 bits per heavy atom. The smallest absolute Gasteiger partial charge is 0.226 e. The summed E-state index contributed by atoms with van der Waals surface area (Å²) in [5, 5.41) is 6.74. The van der Waals surface area contributed by atoms with Crippen LogP contribution in [0.3, 0.4) is 0 Å². The second-order valence-corrected chi connectivity index (χ2v) is 7.60. The fourth-order valence-corrected chi connectivity index (χ4v) is 3.71. The highest BCUT2D eigenvalue weighted by molar-refractivity contribution is 5.93. The van der Waals surface area contributed by atoms with Gasteiger partial charge in [-0.25, -0.2) is 4.99 Å². The predicted molar refractivity (Wildman–Crippen MR) is 117 cm³/mol. The Bertz CT molecular complexity index is 656. The summed E-state index contributed by atoms with van der Waals surface area (Å²) in [6.07, 6.45) is 3.84. The van der Waals surface area contributed by atoms with E-state index < -0.39 is 0 Å². The number of carbonyl (C=O) groups is 1. The van der Waals surface area contributed by atoms with Crippen LogP contribution in [0.15, 0.2) is 29.3 Å². The molecule has 1 aromatic carbocycles. The number of carbonyl (C=O) groups excluding carboxylic acids is 1. The van der Waals surface area contributed by atoms with Gasteiger partial charge in [-0.15, -0.1) is 0 Å². The standard InChI is InChI=1S/C22H35N5O2/c1-2-23-22(24-11-5-12-26-14-16-29-17-15-26)25-18-19-7-9-20(10-8-19)27-13-4-3-6-21(27)28/h7-10H,2-6,11-18H2,1H3,(H2,23,24,25). The first-order valence-electron chi connectivity index (χ1n) is 11.0. The number of benzene rings is 1.